The molecule has 2 rings (SSSR count). The van der Waals surface area contributed by atoms with Crippen molar-refractivity contribution in [3.8, 4) is 0 Å². The Morgan fingerprint density at radius 3 is 3.00 bits per heavy atom. The summed E-state index contributed by atoms with van der Waals surface area (Å²) in [4.78, 5) is 11.4. The molecule has 0 saturated heterocycles. The number of hydrogen-bond donors (Lipinski definition) is 2. The highest BCUT2D eigenvalue weighted by Gasteiger charge is 2.01. The molecule has 0 fully saturated rings. The van der Waals surface area contributed by atoms with Gasteiger partial charge in [0.15, 0.2) is 5.65 Å². The van der Waals surface area contributed by atoms with Gasteiger partial charge in [0.2, 0.25) is 0 Å². The zero-order valence-electron chi connectivity index (χ0n) is 6.21. The molecule has 0 amide bonds. The fourth-order valence-corrected chi connectivity index (χ4v) is 1.32. The molecule has 0 radical (unpaired) electrons. The van der Waals surface area contributed by atoms with Crippen LogP contribution in [0.3, 0.4) is 0 Å². The summed E-state index contributed by atoms with van der Waals surface area (Å²) in [6.07, 6.45) is 0. The second kappa shape index (κ2) is 2.84. The number of hydrogen-bond acceptors (Lipinski definition) is 3. The minimum atomic E-state index is 0.411. The molecule has 0 unspecified atom stereocenters. The first-order valence-electron chi connectivity index (χ1n) is 3.51. The molecule has 0 bridgehead atoms. The zero-order chi connectivity index (χ0) is 8.55. The monoisotopic (exact) mass is 226 g/mol. The van der Waals surface area contributed by atoms with Crippen LogP contribution < -0.4 is 5.73 Å². The third-order valence-corrected chi connectivity index (χ3v) is 2.00. The van der Waals surface area contributed by atoms with Gasteiger partial charge in [0.05, 0.1) is 12.1 Å². The van der Waals surface area contributed by atoms with Gasteiger partial charge in [-0.3, -0.25) is 0 Å². The molecule has 0 aliphatic heterocycles. The Hall–Kier alpha value is -0.940. The number of pyridine rings is 1. The molecule has 3 N–H and O–H groups in total. The van der Waals surface area contributed by atoms with Crippen molar-refractivity contribution >= 4 is 27.1 Å². The number of fused-ring (bicyclic) bond motifs is 1. The molecule has 0 aromatic carbocycles. The van der Waals surface area contributed by atoms with Crippen molar-refractivity contribution in [1.82, 2.24) is 15.0 Å². The molecule has 4 nitrogen and oxygen atoms in total. The first-order chi connectivity index (χ1) is 5.79. The van der Waals surface area contributed by atoms with Crippen molar-refractivity contribution < 1.29 is 0 Å². The van der Waals surface area contributed by atoms with Crippen LogP contribution in [-0.2, 0) is 6.54 Å². The molecule has 0 spiro atoms. The Labute approximate surface area is 77.3 Å². The highest BCUT2D eigenvalue weighted by atomic mass is 79.9. The van der Waals surface area contributed by atoms with Crippen LogP contribution >= 0.6 is 15.9 Å². The molecular formula is C7H7BrN4. The second-order valence-electron chi connectivity index (χ2n) is 2.39. The smallest absolute Gasteiger partial charge is 0.178 e. The number of nitrogens with zero attached hydrogens (tertiary/aromatic N) is 2. The molecule has 0 aliphatic rings. The van der Waals surface area contributed by atoms with E-state index in [0.29, 0.717) is 12.2 Å². The summed E-state index contributed by atoms with van der Waals surface area (Å²) >= 11 is 3.27. The van der Waals surface area contributed by atoms with Crippen LogP contribution in [0.4, 0.5) is 0 Å². The third kappa shape index (κ3) is 1.21. The van der Waals surface area contributed by atoms with Crippen molar-refractivity contribution in [3.63, 3.8) is 0 Å². The van der Waals surface area contributed by atoms with E-state index < -0.39 is 0 Å². The van der Waals surface area contributed by atoms with Gasteiger partial charge in [-0.1, -0.05) is 0 Å². The minimum absolute atomic E-state index is 0.411. The Morgan fingerprint density at radius 1 is 1.42 bits per heavy atom. The molecule has 0 aliphatic carbocycles. The summed E-state index contributed by atoms with van der Waals surface area (Å²) in [7, 11) is 0. The molecule has 12 heavy (non-hydrogen) atoms. The molecule has 2 aromatic heterocycles. The predicted octanol–water partition coefficient (Wildman–Crippen LogP) is 1.18. The lowest BCUT2D eigenvalue weighted by Gasteiger charge is -1.86. The molecule has 5 heteroatoms. The van der Waals surface area contributed by atoms with E-state index >= 15 is 0 Å². The lowest BCUT2D eigenvalue weighted by Crippen LogP contribution is -1.97. The van der Waals surface area contributed by atoms with Gasteiger partial charge in [-0.15, -0.1) is 0 Å². The van der Waals surface area contributed by atoms with Gasteiger partial charge in [0, 0.05) is 0 Å². The number of aromatic amines is 1. The van der Waals surface area contributed by atoms with Crippen molar-refractivity contribution in [2.75, 3.05) is 0 Å². The maximum absolute atomic E-state index is 5.42. The van der Waals surface area contributed by atoms with E-state index in [-0.39, 0.29) is 0 Å². The topological polar surface area (TPSA) is 67.6 Å². The van der Waals surface area contributed by atoms with Crippen molar-refractivity contribution in [3.05, 3.63) is 22.6 Å². The van der Waals surface area contributed by atoms with E-state index in [4.69, 9.17) is 5.73 Å². The number of imidazole rings is 1. The Morgan fingerprint density at radius 2 is 2.25 bits per heavy atom. The lowest BCUT2D eigenvalue weighted by molar-refractivity contribution is 0.956. The number of H-pyrrole nitrogens is 1. The van der Waals surface area contributed by atoms with Gasteiger partial charge in [-0.05, 0) is 28.1 Å². The SMILES string of the molecule is NCc1nc2nc(Br)ccc2[nH]1. The van der Waals surface area contributed by atoms with Crippen LogP contribution in [-0.4, -0.2) is 15.0 Å². The van der Waals surface area contributed by atoms with E-state index in [2.05, 4.69) is 30.9 Å². The van der Waals surface area contributed by atoms with E-state index in [1.165, 1.54) is 0 Å². The number of halogens is 1. The van der Waals surface area contributed by atoms with Crippen molar-refractivity contribution in [1.29, 1.82) is 0 Å². The average molecular weight is 227 g/mol. The maximum atomic E-state index is 5.42. The van der Waals surface area contributed by atoms with Crippen molar-refractivity contribution in [2.45, 2.75) is 6.54 Å². The predicted molar refractivity (Wildman–Crippen MR) is 49.5 cm³/mol. The molecule has 2 heterocycles. The van der Waals surface area contributed by atoms with Gasteiger partial charge in [-0.25, -0.2) is 9.97 Å². The van der Waals surface area contributed by atoms with E-state index in [9.17, 15) is 0 Å². The van der Waals surface area contributed by atoms with Crippen LogP contribution in [0.5, 0.6) is 0 Å². The zero-order valence-corrected chi connectivity index (χ0v) is 7.80. The normalized spacial score (nSPS) is 10.8. The van der Waals surface area contributed by atoms with E-state index in [0.717, 1.165) is 15.9 Å². The van der Waals surface area contributed by atoms with Gasteiger partial charge in [0.1, 0.15) is 10.4 Å². The summed E-state index contributed by atoms with van der Waals surface area (Å²) < 4.78 is 0.782. The quantitative estimate of drug-likeness (QED) is 0.718. The molecular weight excluding hydrogens is 220 g/mol. The highest BCUT2D eigenvalue weighted by molar-refractivity contribution is 9.10. The molecule has 62 valence electrons. The Kier molecular flexibility index (Phi) is 1.82. The van der Waals surface area contributed by atoms with Crippen LogP contribution in [0, 0.1) is 0 Å². The fraction of sp³-hybridized carbons (Fsp3) is 0.143. The Balaban J connectivity index is 2.67. The van der Waals surface area contributed by atoms with Gasteiger partial charge >= 0.3 is 0 Å². The minimum Gasteiger partial charge on any atom is -0.340 e. The van der Waals surface area contributed by atoms with Gasteiger partial charge in [-0.2, -0.15) is 0 Å². The highest BCUT2D eigenvalue weighted by Crippen LogP contribution is 2.12. The van der Waals surface area contributed by atoms with Crippen LogP contribution in [0.1, 0.15) is 5.82 Å². The largest absolute Gasteiger partial charge is 0.340 e. The summed E-state index contributed by atoms with van der Waals surface area (Å²) in [6.45, 7) is 0.411. The summed E-state index contributed by atoms with van der Waals surface area (Å²) in [5.74, 6) is 0.760. The van der Waals surface area contributed by atoms with Gasteiger partial charge < -0.3 is 10.7 Å². The summed E-state index contributed by atoms with van der Waals surface area (Å²) in [6, 6.07) is 3.78. The number of rotatable bonds is 1. The van der Waals surface area contributed by atoms with Crippen LogP contribution in [0.15, 0.2) is 16.7 Å². The first-order valence-corrected chi connectivity index (χ1v) is 4.30. The van der Waals surface area contributed by atoms with Crippen LogP contribution in [0.2, 0.25) is 0 Å². The molecule has 0 saturated carbocycles. The van der Waals surface area contributed by atoms with E-state index in [1.54, 1.807) is 0 Å². The molecule has 2 aromatic rings. The average Bonchev–Trinajstić information content (AvgIpc) is 2.46. The maximum Gasteiger partial charge on any atom is 0.178 e. The second-order valence-corrected chi connectivity index (χ2v) is 3.21. The van der Waals surface area contributed by atoms with Gasteiger partial charge in [0.25, 0.3) is 0 Å². The number of nitrogens with one attached hydrogen (secondary N) is 1. The van der Waals surface area contributed by atoms with Crippen molar-refractivity contribution in [2.24, 2.45) is 5.73 Å². The Bertz CT molecular complexity index is 409. The number of nitrogens with two attached hydrogens (primary N) is 1. The third-order valence-electron chi connectivity index (χ3n) is 1.55. The number of aromatic nitrogens is 3. The fourth-order valence-electron chi connectivity index (χ4n) is 1.02. The summed E-state index contributed by atoms with van der Waals surface area (Å²) in [5.41, 5.74) is 7.03. The van der Waals surface area contributed by atoms with Crippen LogP contribution in [0.25, 0.3) is 11.2 Å². The standard InChI is InChI=1S/C7H7BrN4/c8-5-2-1-4-7(11-5)12-6(3-9)10-4/h1-2H,3,9H2,(H,10,11,12). The molecule has 0 atom stereocenters. The lowest BCUT2D eigenvalue weighted by atomic mass is 10.4. The first kappa shape index (κ1) is 7.70. The van der Waals surface area contributed by atoms with E-state index in [1.807, 2.05) is 12.1 Å². The summed E-state index contributed by atoms with van der Waals surface area (Å²) in [5, 5.41) is 0.